The summed E-state index contributed by atoms with van der Waals surface area (Å²) in [6, 6.07) is 0.596. The third kappa shape index (κ3) is 6.46. The van der Waals surface area contributed by atoms with Crippen LogP contribution in [0.4, 0.5) is 0 Å². The van der Waals surface area contributed by atoms with Gasteiger partial charge in [-0.1, -0.05) is 32.6 Å². The molecule has 2 heterocycles. The molecule has 2 saturated heterocycles. The fraction of sp³-hybridized carbons (Fsp3) is 0.955. The van der Waals surface area contributed by atoms with E-state index in [-0.39, 0.29) is 24.0 Å². The van der Waals surface area contributed by atoms with Crippen LogP contribution in [0.15, 0.2) is 4.99 Å². The number of hydrogen-bond donors (Lipinski definition) is 2. The van der Waals surface area contributed by atoms with Crippen LogP contribution in [-0.4, -0.2) is 74.2 Å². The van der Waals surface area contributed by atoms with Crippen molar-refractivity contribution in [2.24, 2.45) is 10.9 Å². The van der Waals surface area contributed by atoms with Crippen molar-refractivity contribution in [1.29, 1.82) is 0 Å². The van der Waals surface area contributed by atoms with E-state index in [2.05, 4.69) is 39.4 Å². The SMILES string of the molecule is CCC1CCCC(NC(=NC)NCC2(N3CCCCC3)CCN(C)CC2)C1.I. The Morgan fingerprint density at radius 1 is 1.04 bits per heavy atom. The summed E-state index contributed by atoms with van der Waals surface area (Å²) in [6.45, 7) is 8.35. The molecule has 6 heteroatoms. The number of piperidine rings is 2. The largest absolute Gasteiger partial charge is 0.355 e. The van der Waals surface area contributed by atoms with Crippen LogP contribution < -0.4 is 10.6 Å². The molecule has 28 heavy (non-hydrogen) atoms. The van der Waals surface area contributed by atoms with Crippen LogP contribution in [0.5, 0.6) is 0 Å². The Balaban J connectivity index is 0.00000280. The number of halogens is 1. The van der Waals surface area contributed by atoms with Gasteiger partial charge in [-0.05, 0) is 77.7 Å². The molecule has 2 unspecified atom stereocenters. The van der Waals surface area contributed by atoms with Gasteiger partial charge in [-0.25, -0.2) is 0 Å². The summed E-state index contributed by atoms with van der Waals surface area (Å²) in [5.41, 5.74) is 0.309. The highest BCUT2D eigenvalue weighted by molar-refractivity contribution is 14.0. The maximum Gasteiger partial charge on any atom is 0.191 e. The quantitative estimate of drug-likeness (QED) is 0.340. The average molecular weight is 506 g/mol. The molecule has 2 atom stereocenters. The molecule has 2 aliphatic heterocycles. The molecular formula is C22H44IN5. The fourth-order valence-corrected chi connectivity index (χ4v) is 5.44. The lowest BCUT2D eigenvalue weighted by atomic mass is 9.83. The maximum absolute atomic E-state index is 4.57. The Hall–Kier alpha value is -0.0800. The minimum absolute atomic E-state index is 0. The Kier molecular flexibility index (Phi) is 10.3. The molecule has 0 amide bonds. The van der Waals surface area contributed by atoms with Crippen LogP contribution in [0.1, 0.15) is 71.1 Å². The zero-order valence-corrected chi connectivity index (χ0v) is 20.8. The molecule has 5 nitrogen and oxygen atoms in total. The fourth-order valence-electron chi connectivity index (χ4n) is 5.44. The average Bonchev–Trinajstić information content (AvgIpc) is 2.73. The number of nitrogens with one attached hydrogen (secondary N) is 2. The Morgan fingerprint density at radius 2 is 1.75 bits per heavy atom. The second-order valence-corrected chi connectivity index (χ2v) is 9.28. The van der Waals surface area contributed by atoms with Gasteiger partial charge in [-0.15, -0.1) is 24.0 Å². The van der Waals surface area contributed by atoms with Crippen molar-refractivity contribution < 1.29 is 0 Å². The van der Waals surface area contributed by atoms with E-state index >= 15 is 0 Å². The first kappa shape index (κ1) is 24.2. The summed E-state index contributed by atoms with van der Waals surface area (Å²) in [6.07, 6.45) is 13.4. The lowest BCUT2D eigenvalue weighted by Gasteiger charge is -2.50. The summed E-state index contributed by atoms with van der Waals surface area (Å²) in [7, 11) is 4.19. The predicted octanol–water partition coefficient (Wildman–Crippen LogP) is 3.69. The maximum atomic E-state index is 4.57. The highest BCUT2D eigenvalue weighted by Crippen LogP contribution is 2.31. The molecule has 0 aromatic heterocycles. The second-order valence-electron chi connectivity index (χ2n) is 9.28. The van der Waals surface area contributed by atoms with Gasteiger partial charge in [0.1, 0.15) is 0 Å². The van der Waals surface area contributed by atoms with E-state index in [1.165, 1.54) is 90.4 Å². The molecule has 0 radical (unpaired) electrons. The van der Waals surface area contributed by atoms with Gasteiger partial charge in [0.15, 0.2) is 5.96 Å². The third-order valence-corrected chi connectivity index (χ3v) is 7.45. The Bertz CT molecular complexity index is 470. The molecule has 0 aromatic rings. The minimum Gasteiger partial charge on any atom is -0.355 e. The van der Waals surface area contributed by atoms with Crippen molar-refractivity contribution in [3.8, 4) is 0 Å². The number of likely N-dealkylation sites (tertiary alicyclic amines) is 2. The predicted molar refractivity (Wildman–Crippen MR) is 131 cm³/mol. The first-order valence-corrected chi connectivity index (χ1v) is 11.6. The van der Waals surface area contributed by atoms with Crippen LogP contribution >= 0.6 is 24.0 Å². The van der Waals surface area contributed by atoms with Gasteiger partial charge in [0.25, 0.3) is 0 Å². The smallest absolute Gasteiger partial charge is 0.191 e. The van der Waals surface area contributed by atoms with Gasteiger partial charge in [0, 0.05) is 25.2 Å². The Morgan fingerprint density at radius 3 is 2.39 bits per heavy atom. The van der Waals surface area contributed by atoms with Crippen molar-refractivity contribution in [3.63, 3.8) is 0 Å². The summed E-state index contributed by atoms with van der Waals surface area (Å²) in [5, 5.41) is 7.50. The van der Waals surface area contributed by atoms with Crippen molar-refractivity contribution >= 4 is 29.9 Å². The van der Waals surface area contributed by atoms with E-state index in [9.17, 15) is 0 Å². The first-order chi connectivity index (χ1) is 13.1. The van der Waals surface area contributed by atoms with Crippen molar-refractivity contribution in [1.82, 2.24) is 20.4 Å². The van der Waals surface area contributed by atoms with Crippen LogP contribution in [0.3, 0.4) is 0 Å². The van der Waals surface area contributed by atoms with Crippen LogP contribution in [0.25, 0.3) is 0 Å². The number of rotatable bonds is 5. The lowest BCUT2D eigenvalue weighted by molar-refractivity contribution is 0.0172. The van der Waals surface area contributed by atoms with Crippen LogP contribution in [0.2, 0.25) is 0 Å². The van der Waals surface area contributed by atoms with Gasteiger partial charge < -0.3 is 15.5 Å². The molecule has 3 aliphatic rings. The second kappa shape index (κ2) is 11.9. The zero-order chi connectivity index (χ0) is 19.1. The molecule has 164 valence electrons. The highest BCUT2D eigenvalue weighted by atomic mass is 127. The number of aliphatic imine (C=N–C) groups is 1. The van der Waals surface area contributed by atoms with E-state index in [1.807, 2.05) is 7.05 Å². The molecule has 0 bridgehead atoms. The number of nitrogens with zero attached hydrogens (tertiary/aromatic N) is 3. The van der Waals surface area contributed by atoms with Gasteiger partial charge in [-0.2, -0.15) is 0 Å². The molecule has 3 rings (SSSR count). The first-order valence-electron chi connectivity index (χ1n) is 11.6. The van der Waals surface area contributed by atoms with E-state index in [0.717, 1.165) is 18.4 Å². The highest BCUT2D eigenvalue weighted by Gasteiger charge is 2.39. The molecule has 3 fully saturated rings. The third-order valence-electron chi connectivity index (χ3n) is 7.45. The molecular weight excluding hydrogens is 461 g/mol. The summed E-state index contributed by atoms with van der Waals surface area (Å²) < 4.78 is 0. The van der Waals surface area contributed by atoms with Crippen LogP contribution in [-0.2, 0) is 0 Å². The minimum atomic E-state index is 0. The zero-order valence-electron chi connectivity index (χ0n) is 18.5. The van der Waals surface area contributed by atoms with Crippen molar-refractivity contribution in [3.05, 3.63) is 0 Å². The number of guanidine groups is 1. The normalized spacial score (nSPS) is 29.8. The van der Waals surface area contributed by atoms with Gasteiger partial charge >= 0.3 is 0 Å². The topological polar surface area (TPSA) is 42.9 Å². The standard InChI is InChI=1S/C22H43N5.HI/c1-4-19-9-8-10-20(17-19)25-21(23-2)24-18-22(11-15-26(3)16-12-22)27-13-6-5-7-14-27;/h19-20H,4-18H2,1-3H3,(H2,23,24,25);1H. The van der Waals surface area contributed by atoms with Gasteiger partial charge in [0.05, 0.1) is 0 Å². The lowest BCUT2D eigenvalue weighted by Crippen LogP contribution is -2.62. The van der Waals surface area contributed by atoms with Gasteiger partial charge in [-0.3, -0.25) is 9.89 Å². The summed E-state index contributed by atoms with van der Waals surface area (Å²) >= 11 is 0. The Labute approximate surface area is 190 Å². The van der Waals surface area contributed by atoms with Crippen LogP contribution in [0, 0.1) is 5.92 Å². The number of hydrogen-bond acceptors (Lipinski definition) is 3. The van der Waals surface area contributed by atoms with E-state index in [1.54, 1.807) is 0 Å². The van der Waals surface area contributed by atoms with Crippen molar-refractivity contribution in [2.75, 3.05) is 46.8 Å². The summed E-state index contributed by atoms with van der Waals surface area (Å²) in [4.78, 5) is 9.87. The van der Waals surface area contributed by atoms with E-state index in [4.69, 9.17) is 0 Å². The molecule has 1 aliphatic carbocycles. The summed E-state index contributed by atoms with van der Waals surface area (Å²) in [5.74, 6) is 1.91. The molecule has 0 spiro atoms. The molecule has 2 N–H and O–H groups in total. The van der Waals surface area contributed by atoms with E-state index in [0.29, 0.717) is 11.6 Å². The molecule has 1 saturated carbocycles. The van der Waals surface area contributed by atoms with Crippen molar-refractivity contribution in [2.45, 2.75) is 82.7 Å². The van der Waals surface area contributed by atoms with E-state index < -0.39 is 0 Å². The monoisotopic (exact) mass is 505 g/mol. The van der Waals surface area contributed by atoms with Gasteiger partial charge in [0.2, 0.25) is 0 Å². The molecule has 0 aromatic carbocycles.